The summed E-state index contributed by atoms with van der Waals surface area (Å²) in [6.45, 7) is 1.48. The zero-order valence-electron chi connectivity index (χ0n) is 6.38. The summed E-state index contributed by atoms with van der Waals surface area (Å²) in [7, 11) is 0. The molecule has 4 heteroatoms. The second-order valence-electron chi connectivity index (χ2n) is 2.36. The van der Waals surface area contributed by atoms with Crippen molar-refractivity contribution in [2.24, 2.45) is 0 Å². The number of nitrogens with one attached hydrogen (secondary N) is 1. The minimum Gasteiger partial charge on any atom is -0.303 e. The summed E-state index contributed by atoms with van der Waals surface area (Å²) < 4.78 is 0. The van der Waals surface area contributed by atoms with Crippen molar-refractivity contribution < 1.29 is 0 Å². The van der Waals surface area contributed by atoms with E-state index in [1.165, 1.54) is 17.3 Å². The normalized spacial score (nSPS) is 24.5. The van der Waals surface area contributed by atoms with E-state index in [0.29, 0.717) is 6.54 Å². The van der Waals surface area contributed by atoms with Crippen molar-refractivity contribution in [1.82, 2.24) is 5.32 Å². The minimum absolute atomic E-state index is 0.488. The van der Waals surface area contributed by atoms with Crippen molar-refractivity contribution in [1.29, 1.82) is 5.26 Å². The molecule has 1 atom stereocenters. The van der Waals surface area contributed by atoms with Gasteiger partial charge in [-0.1, -0.05) is 0 Å². The van der Waals surface area contributed by atoms with Crippen LogP contribution in [-0.2, 0) is 0 Å². The highest BCUT2D eigenvalue weighted by Crippen LogP contribution is 2.22. The third-order valence-corrected chi connectivity index (χ3v) is 4.31. The molecule has 1 rings (SSSR count). The first-order valence-corrected chi connectivity index (χ1v) is 5.91. The maximum absolute atomic E-state index is 8.27. The molecule has 1 aliphatic heterocycles. The fourth-order valence-electron chi connectivity index (χ4n) is 0.944. The average molecular weight is 188 g/mol. The Balaban J connectivity index is 2.01. The lowest BCUT2D eigenvalue weighted by Gasteiger charge is -2.20. The lowest BCUT2D eigenvalue weighted by Crippen LogP contribution is -2.29. The van der Waals surface area contributed by atoms with Crippen LogP contribution >= 0.6 is 23.5 Å². The van der Waals surface area contributed by atoms with Gasteiger partial charge < -0.3 is 5.32 Å². The lowest BCUT2D eigenvalue weighted by atomic mass is 10.4. The highest BCUT2D eigenvalue weighted by Gasteiger charge is 2.12. The maximum atomic E-state index is 8.27. The standard InChI is InChI=1S/C7H12N2S2/c8-1-2-9-5-7-6-10-3-4-11-7/h7,9H,2-6H2. The van der Waals surface area contributed by atoms with Crippen LogP contribution in [0.2, 0.25) is 0 Å². The first kappa shape index (κ1) is 9.24. The van der Waals surface area contributed by atoms with Crippen LogP contribution in [0, 0.1) is 11.3 Å². The largest absolute Gasteiger partial charge is 0.303 e. The Kier molecular flexibility index (Phi) is 4.84. The van der Waals surface area contributed by atoms with E-state index in [2.05, 4.69) is 11.4 Å². The highest BCUT2D eigenvalue weighted by atomic mass is 32.2. The molecule has 0 aromatic heterocycles. The van der Waals surface area contributed by atoms with Gasteiger partial charge in [0.05, 0.1) is 12.6 Å². The van der Waals surface area contributed by atoms with Gasteiger partial charge in [0.2, 0.25) is 0 Å². The Bertz CT molecular complexity index is 138. The van der Waals surface area contributed by atoms with E-state index in [0.717, 1.165) is 11.8 Å². The van der Waals surface area contributed by atoms with Crippen molar-refractivity contribution in [2.75, 3.05) is 30.3 Å². The lowest BCUT2D eigenvalue weighted by molar-refractivity contribution is 0.747. The summed E-state index contributed by atoms with van der Waals surface area (Å²) in [5.74, 6) is 3.80. The van der Waals surface area contributed by atoms with Crippen LogP contribution in [0.15, 0.2) is 0 Å². The second-order valence-corrected chi connectivity index (χ2v) is 4.91. The second kappa shape index (κ2) is 5.76. The molecular formula is C7H12N2S2. The minimum atomic E-state index is 0.488. The van der Waals surface area contributed by atoms with Crippen LogP contribution in [0.1, 0.15) is 0 Å². The van der Waals surface area contributed by atoms with Crippen LogP contribution in [0.25, 0.3) is 0 Å². The molecule has 11 heavy (non-hydrogen) atoms. The van der Waals surface area contributed by atoms with Crippen LogP contribution < -0.4 is 5.32 Å². The highest BCUT2D eigenvalue weighted by molar-refractivity contribution is 8.06. The third-order valence-electron chi connectivity index (χ3n) is 1.46. The van der Waals surface area contributed by atoms with E-state index in [1.54, 1.807) is 0 Å². The summed E-state index contributed by atoms with van der Waals surface area (Å²) in [6.07, 6.45) is 0. The summed E-state index contributed by atoms with van der Waals surface area (Å²) in [5, 5.41) is 12.1. The molecule has 0 spiro atoms. The molecule has 62 valence electrons. The summed E-state index contributed by atoms with van der Waals surface area (Å²) >= 11 is 4.04. The molecule has 0 aromatic rings. The Morgan fingerprint density at radius 1 is 1.55 bits per heavy atom. The molecular weight excluding hydrogens is 176 g/mol. The van der Waals surface area contributed by atoms with Gasteiger partial charge in [-0.3, -0.25) is 0 Å². The molecule has 1 fully saturated rings. The smallest absolute Gasteiger partial charge is 0.0841 e. The van der Waals surface area contributed by atoms with Crippen molar-refractivity contribution in [3.8, 4) is 6.07 Å². The zero-order chi connectivity index (χ0) is 7.94. The monoisotopic (exact) mass is 188 g/mol. The predicted molar refractivity (Wildman–Crippen MR) is 52.1 cm³/mol. The molecule has 2 nitrogen and oxygen atoms in total. The Hall–Kier alpha value is 0.150. The third kappa shape index (κ3) is 3.90. The number of hydrogen-bond donors (Lipinski definition) is 1. The molecule has 0 aromatic carbocycles. The summed E-state index contributed by atoms with van der Waals surface area (Å²) in [4.78, 5) is 0. The fraction of sp³-hybridized carbons (Fsp3) is 0.857. The van der Waals surface area contributed by atoms with Crippen molar-refractivity contribution in [3.63, 3.8) is 0 Å². The maximum Gasteiger partial charge on any atom is 0.0841 e. The van der Waals surface area contributed by atoms with Gasteiger partial charge >= 0.3 is 0 Å². The molecule has 0 amide bonds. The molecule has 1 saturated heterocycles. The van der Waals surface area contributed by atoms with Gasteiger partial charge in [-0.25, -0.2) is 0 Å². The molecule has 0 saturated carbocycles. The number of nitriles is 1. The van der Waals surface area contributed by atoms with Gasteiger partial charge in [0, 0.05) is 29.1 Å². The molecule has 0 radical (unpaired) electrons. The topological polar surface area (TPSA) is 35.8 Å². The van der Waals surface area contributed by atoms with E-state index >= 15 is 0 Å². The van der Waals surface area contributed by atoms with Gasteiger partial charge in [0.15, 0.2) is 0 Å². The quantitative estimate of drug-likeness (QED) is 0.528. The van der Waals surface area contributed by atoms with Gasteiger partial charge in [-0.05, 0) is 0 Å². The molecule has 1 heterocycles. The van der Waals surface area contributed by atoms with Crippen LogP contribution in [-0.4, -0.2) is 35.6 Å². The van der Waals surface area contributed by atoms with Crippen LogP contribution in [0.4, 0.5) is 0 Å². The SMILES string of the molecule is N#CCNCC1CSCCS1. The van der Waals surface area contributed by atoms with E-state index in [4.69, 9.17) is 5.26 Å². The van der Waals surface area contributed by atoms with Gasteiger partial charge in [-0.15, -0.1) is 0 Å². The number of nitrogens with zero attached hydrogens (tertiary/aromatic N) is 1. The van der Waals surface area contributed by atoms with E-state index < -0.39 is 0 Å². The number of hydrogen-bond acceptors (Lipinski definition) is 4. The average Bonchev–Trinajstić information content (AvgIpc) is 2.07. The van der Waals surface area contributed by atoms with E-state index in [-0.39, 0.29) is 0 Å². The summed E-state index contributed by atoms with van der Waals surface area (Å²) in [5.41, 5.74) is 0. The molecule has 0 aliphatic carbocycles. The van der Waals surface area contributed by atoms with E-state index in [1.807, 2.05) is 23.5 Å². The van der Waals surface area contributed by atoms with Crippen LogP contribution in [0.3, 0.4) is 0 Å². The Labute approximate surface area is 76.1 Å². The Morgan fingerprint density at radius 3 is 3.09 bits per heavy atom. The van der Waals surface area contributed by atoms with Gasteiger partial charge in [-0.2, -0.15) is 28.8 Å². The van der Waals surface area contributed by atoms with Crippen molar-refractivity contribution >= 4 is 23.5 Å². The predicted octanol–water partition coefficient (Wildman–Crippen LogP) is 0.948. The first-order valence-electron chi connectivity index (χ1n) is 3.70. The van der Waals surface area contributed by atoms with Gasteiger partial charge in [0.1, 0.15) is 0 Å². The van der Waals surface area contributed by atoms with Crippen LogP contribution in [0.5, 0.6) is 0 Å². The Morgan fingerprint density at radius 2 is 2.45 bits per heavy atom. The molecule has 0 bridgehead atoms. The van der Waals surface area contributed by atoms with Gasteiger partial charge in [0.25, 0.3) is 0 Å². The summed E-state index contributed by atoms with van der Waals surface area (Å²) in [6, 6.07) is 2.08. The first-order chi connectivity index (χ1) is 5.43. The molecule has 1 unspecified atom stereocenters. The number of rotatable bonds is 3. The van der Waals surface area contributed by atoms with E-state index in [9.17, 15) is 0 Å². The fourth-order valence-corrected chi connectivity index (χ4v) is 3.59. The zero-order valence-corrected chi connectivity index (χ0v) is 8.01. The van der Waals surface area contributed by atoms with Crippen molar-refractivity contribution in [2.45, 2.75) is 5.25 Å². The molecule has 1 N–H and O–H groups in total. The number of thioether (sulfide) groups is 2. The molecule has 1 aliphatic rings. The van der Waals surface area contributed by atoms with Crippen molar-refractivity contribution in [3.05, 3.63) is 0 Å².